The summed E-state index contributed by atoms with van der Waals surface area (Å²) in [5.74, 6) is -0.0309. The lowest BCUT2D eigenvalue weighted by Crippen LogP contribution is -2.19. The van der Waals surface area contributed by atoms with Gasteiger partial charge in [-0.1, -0.05) is 36.4 Å². The molecular weight excluding hydrogens is 430 g/mol. The molecule has 166 valence electrons. The van der Waals surface area contributed by atoms with Gasteiger partial charge in [0.25, 0.3) is 17.7 Å². The third kappa shape index (κ3) is 4.24. The van der Waals surface area contributed by atoms with E-state index in [1.54, 1.807) is 24.3 Å². The molecule has 0 spiro atoms. The van der Waals surface area contributed by atoms with E-state index in [9.17, 15) is 14.4 Å². The number of carbonyl (C=O) groups is 3. The first kappa shape index (κ1) is 21.0. The van der Waals surface area contributed by atoms with Crippen LogP contribution >= 0.6 is 0 Å². The van der Waals surface area contributed by atoms with Gasteiger partial charge in [-0.3, -0.25) is 19.7 Å². The van der Waals surface area contributed by atoms with Gasteiger partial charge in [-0.25, -0.2) is 9.97 Å². The minimum absolute atomic E-state index is 0.242. The maximum absolute atomic E-state index is 12.8. The number of fused-ring (bicyclic) bond motifs is 1. The number of carbonyl (C=O) groups excluding carboxylic acids is 3. The van der Waals surface area contributed by atoms with Crippen LogP contribution < -0.4 is 16.0 Å². The zero-order valence-corrected chi connectivity index (χ0v) is 18.1. The van der Waals surface area contributed by atoms with Crippen molar-refractivity contribution in [3.05, 3.63) is 101 Å². The second-order valence-corrected chi connectivity index (χ2v) is 7.76. The van der Waals surface area contributed by atoms with Crippen molar-refractivity contribution in [3.63, 3.8) is 0 Å². The van der Waals surface area contributed by atoms with Gasteiger partial charge in [-0.15, -0.1) is 0 Å². The molecule has 8 heteroatoms. The van der Waals surface area contributed by atoms with E-state index >= 15 is 0 Å². The summed E-state index contributed by atoms with van der Waals surface area (Å²) in [5.41, 5.74) is 3.84. The first-order valence-corrected chi connectivity index (χ1v) is 10.6. The van der Waals surface area contributed by atoms with E-state index in [4.69, 9.17) is 0 Å². The second kappa shape index (κ2) is 8.59. The summed E-state index contributed by atoms with van der Waals surface area (Å²) in [4.78, 5) is 45.4. The topological polar surface area (TPSA) is 113 Å². The van der Waals surface area contributed by atoms with Gasteiger partial charge >= 0.3 is 0 Å². The molecule has 0 radical (unpaired) electrons. The Kier molecular flexibility index (Phi) is 5.31. The zero-order valence-electron chi connectivity index (χ0n) is 18.1. The van der Waals surface area contributed by atoms with E-state index < -0.39 is 11.8 Å². The van der Waals surface area contributed by atoms with Crippen LogP contribution in [0, 0.1) is 6.92 Å². The van der Waals surface area contributed by atoms with Gasteiger partial charge in [0, 0.05) is 28.6 Å². The van der Waals surface area contributed by atoms with Crippen molar-refractivity contribution in [3.8, 4) is 11.3 Å². The molecule has 1 aliphatic rings. The number of amides is 3. The van der Waals surface area contributed by atoms with Gasteiger partial charge in [0.1, 0.15) is 11.6 Å². The molecule has 34 heavy (non-hydrogen) atoms. The minimum atomic E-state index is -0.475. The zero-order chi connectivity index (χ0) is 23.7. The predicted octanol–water partition coefficient (Wildman–Crippen LogP) is 4.33. The van der Waals surface area contributed by atoms with E-state index in [0.717, 1.165) is 11.3 Å². The van der Waals surface area contributed by atoms with Crippen LogP contribution in [0.5, 0.6) is 0 Å². The number of rotatable bonds is 5. The Balaban J connectivity index is 1.35. The summed E-state index contributed by atoms with van der Waals surface area (Å²) in [7, 11) is 0. The normalized spacial score (nSPS) is 12.1. The lowest BCUT2D eigenvalue weighted by Gasteiger charge is -2.11. The lowest BCUT2D eigenvalue weighted by molar-refractivity contribution is 0.0878. The van der Waals surface area contributed by atoms with Gasteiger partial charge in [0.05, 0.1) is 16.8 Å². The van der Waals surface area contributed by atoms with E-state index in [2.05, 4.69) is 25.9 Å². The van der Waals surface area contributed by atoms with Crippen LogP contribution in [0.3, 0.4) is 0 Å². The molecule has 0 aliphatic carbocycles. The largest absolute Gasteiger partial charge is 0.340 e. The van der Waals surface area contributed by atoms with Gasteiger partial charge in [-0.2, -0.15) is 0 Å². The van der Waals surface area contributed by atoms with Crippen molar-refractivity contribution in [1.82, 2.24) is 15.3 Å². The second-order valence-electron chi connectivity index (χ2n) is 7.76. The number of imide groups is 1. The minimum Gasteiger partial charge on any atom is -0.340 e. The fraction of sp³-hybridized carbons (Fsp3) is 0.0385. The van der Waals surface area contributed by atoms with E-state index in [1.165, 1.54) is 12.1 Å². The maximum atomic E-state index is 12.8. The highest BCUT2D eigenvalue weighted by Gasteiger charge is 2.26. The van der Waals surface area contributed by atoms with Crippen LogP contribution in [-0.4, -0.2) is 27.7 Å². The molecule has 0 fully saturated rings. The summed E-state index contributed by atoms with van der Waals surface area (Å²) >= 11 is 0. The van der Waals surface area contributed by atoms with Crippen molar-refractivity contribution in [2.75, 3.05) is 10.6 Å². The predicted molar refractivity (Wildman–Crippen MR) is 128 cm³/mol. The van der Waals surface area contributed by atoms with E-state index in [-0.39, 0.29) is 11.5 Å². The fourth-order valence-corrected chi connectivity index (χ4v) is 3.72. The number of benzene rings is 3. The first-order valence-electron chi connectivity index (χ1n) is 10.6. The molecule has 0 atom stereocenters. The SMILES string of the molecule is Cc1nc(Nc2cccc(C(=O)Nc3ccc4c(c3)C(=O)NC4=O)c2)cc(-c2ccccc2)n1. The Morgan fingerprint density at radius 2 is 1.59 bits per heavy atom. The van der Waals surface area contributed by atoms with E-state index in [0.29, 0.717) is 34.1 Å². The van der Waals surface area contributed by atoms with Crippen LogP contribution in [0.4, 0.5) is 17.2 Å². The van der Waals surface area contributed by atoms with Crippen LogP contribution in [0.1, 0.15) is 36.9 Å². The number of nitrogens with zero attached hydrogens (tertiary/aromatic N) is 2. The maximum Gasteiger partial charge on any atom is 0.259 e. The summed E-state index contributed by atoms with van der Waals surface area (Å²) < 4.78 is 0. The Labute approximate surface area is 195 Å². The summed E-state index contributed by atoms with van der Waals surface area (Å²) in [6.07, 6.45) is 0. The van der Waals surface area contributed by atoms with Crippen LogP contribution in [-0.2, 0) is 0 Å². The number of aryl methyl sites for hydroxylation is 1. The monoisotopic (exact) mass is 449 g/mol. The van der Waals surface area contributed by atoms with Crippen molar-refractivity contribution in [1.29, 1.82) is 0 Å². The first-order chi connectivity index (χ1) is 16.5. The van der Waals surface area contributed by atoms with Crippen molar-refractivity contribution < 1.29 is 14.4 Å². The molecule has 3 N–H and O–H groups in total. The Hall–Kier alpha value is -4.85. The fourth-order valence-electron chi connectivity index (χ4n) is 3.72. The molecule has 3 amide bonds. The molecule has 2 heterocycles. The summed E-state index contributed by atoms with van der Waals surface area (Å²) in [5, 5.41) is 8.24. The Morgan fingerprint density at radius 3 is 2.41 bits per heavy atom. The molecule has 1 aromatic heterocycles. The highest BCUT2D eigenvalue weighted by molar-refractivity contribution is 6.22. The van der Waals surface area contributed by atoms with Gasteiger partial charge < -0.3 is 10.6 Å². The molecule has 0 saturated carbocycles. The molecule has 4 aromatic rings. The Morgan fingerprint density at radius 1 is 0.794 bits per heavy atom. The molecule has 0 unspecified atom stereocenters. The number of hydrogen-bond donors (Lipinski definition) is 3. The number of aromatic nitrogens is 2. The Bertz CT molecular complexity index is 1450. The molecule has 8 nitrogen and oxygen atoms in total. The highest BCUT2D eigenvalue weighted by Crippen LogP contribution is 2.24. The number of anilines is 3. The number of nitrogens with one attached hydrogen (secondary N) is 3. The smallest absolute Gasteiger partial charge is 0.259 e. The average Bonchev–Trinajstić information content (AvgIpc) is 3.12. The average molecular weight is 449 g/mol. The van der Waals surface area contributed by atoms with Crippen LogP contribution in [0.2, 0.25) is 0 Å². The van der Waals surface area contributed by atoms with Gasteiger partial charge in [0.2, 0.25) is 0 Å². The summed E-state index contributed by atoms with van der Waals surface area (Å²) in [6, 6.07) is 23.3. The quantitative estimate of drug-likeness (QED) is 0.391. The van der Waals surface area contributed by atoms with Gasteiger partial charge in [0.15, 0.2) is 0 Å². The molecule has 0 bridgehead atoms. The third-order valence-corrected chi connectivity index (χ3v) is 5.30. The van der Waals surface area contributed by atoms with Crippen molar-refractivity contribution in [2.45, 2.75) is 6.92 Å². The standard InChI is InChI=1S/C26H19N5O3/c1-15-27-22(16-6-3-2-4-7-16)14-23(28-15)29-18-9-5-8-17(12-18)24(32)30-19-10-11-20-21(13-19)26(34)31-25(20)33/h2-14H,1H3,(H,30,32)(H,27,28,29)(H,31,33,34). The highest BCUT2D eigenvalue weighted by atomic mass is 16.2. The summed E-state index contributed by atoms with van der Waals surface area (Å²) in [6.45, 7) is 1.83. The third-order valence-electron chi connectivity index (χ3n) is 5.30. The lowest BCUT2D eigenvalue weighted by atomic mass is 10.1. The molecule has 0 saturated heterocycles. The molecule has 5 rings (SSSR count). The molecule has 3 aromatic carbocycles. The van der Waals surface area contributed by atoms with Crippen LogP contribution in [0.25, 0.3) is 11.3 Å². The van der Waals surface area contributed by atoms with Crippen LogP contribution in [0.15, 0.2) is 78.9 Å². The van der Waals surface area contributed by atoms with E-state index in [1.807, 2.05) is 49.4 Å². The molecular formula is C26H19N5O3. The van der Waals surface area contributed by atoms with Crippen molar-refractivity contribution >= 4 is 34.9 Å². The van der Waals surface area contributed by atoms with Crippen molar-refractivity contribution in [2.24, 2.45) is 0 Å². The van der Waals surface area contributed by atoms with Gasteiger partial charge in [-0.05, 0) is 43.3 Å². The number of hydrogen-bond acceptors (Lipinski definition) is 6. The molecule has 1 aliphatic heterocycles.